The summed E-state index contributed by atoms with van der Waals surface area (Å²) in [5.41, 5.74) is 5.85. The number of benzene rings is 4. The molecule has 1 heterocycles. The number of carbonyl (C=O) groups is 3. The van der Waals surface area contributed by atoms with Gasteiger partial charge in [0.15, 0.2) is 0 Å². The van der Waals surface area contributed by atoms with Crippen LogP contribution in [0.4, 0.5) is 20.2 Å². The molecule has 0 aliphatic carbocycles. The lowest BCUT2D eigenvalue weighted by atomic mass is 9.83. The minimum Gasteiger partial charge on any atom is -0.434 e. The van der Waals surface area contributed by atoms with Gasteiger partial charge in [-0.15, -0.1) is 0 Å². The van der Waals surface area contributed by atoms with Crippen LogP contribution in [-0.2, 0) is 16.1 Å². The van der Waals surface area contributed by atoms with Crippen LogP contribution in [0.15, 0.2) is 84.9 Å². The molecule has 1 aliphatic heterocycles. The van der Waals surface area contributed by atoms with Gasteiger partial charge in [-0.25, -0.2) is 0 Å². The third kappa shape index (κ3) is 5.43. The van der Waals surface area contributed by atoms with Crippen LogP contribution >= 0.6 is 0 Å². The maximum absolute atomic E-state index is 14.6. The van der Waals surface area contributed by atoms with Crippen molar-refractivity contribution >= 4 is 39.9 Å². The van der Waals surface area contributed by atoms with Crippen molar-refractivity contribution in [3.8, 4) is 11.8 Å². The monoisotopic (exact) mass is 597 g/mol. The van der Waals surface area contributed by atoms with E-state index in [4.69, 9.17) is 10.5 Å². The van der Waals surface area contributed by atoms with E-state index in [0.717, 1.165) is 5.39 Å². The Morgan fingerprint density at radius 1 is 1.05 bits per heavy atom. The molecule has 11 heteroatoms. The van der Waals surface area contributed by atoms with Crippen molar-refractivity contribution in [2.45, 2.75) is 25.6 Å². The molecular formula is C33H29F2N5O4. The van der Waals surface area contributed by atoms with Gasteiger partial charge in [0.25, 0.3) is 5.91 Å². The average molecular weight is 598 g/mol. The summed E-state index contributed by atoms with van der Waals surface area (Å²) in [6.45, 7) is -2.08. The van der Waals surface area contributed by atoms with Crippen LogP contribution in [0.5, 0.6) is 5.75 Å². The van der Waals surface area contributed by atoms with Gasteiger partial charge in [0.1, 0.15) is 11.3 Å². The highest BCUT2D eigenvalue weighted by Gasteiger charge is 2.49. The minimum atomic E-state index is -3.11. The molecule has 3 N–H and O–H groups in total. The van der Waals surface area contributed by atoms with E-state index in [-0.39, 0.29) is 24.4 Å². The zero-order valence-electron chi connectivity index (χ0n) is 24.0. The van der Waals surface area contributed by atoms with Crippen LogP contribution in [0.1, 0.15) is 28.4 Å². The third-order valence-electron chi connectivity index (χ3n) is 8.16. The zero-order chi connectivity index (χ0) is 31.6. The summed E-state index contributed by atoms with van der Waals surface area (Å²) in [6.07, 6.45) is 0. The van der Waals surface area contributed by atoms with Crippen LogP contribution < -0.4 is 25.6 Å². The second-order valence-electron chi connectivity index (χ2n) is 10.5. The standard InChI is InChI=1S/C33H29F2N5O4/c1-33(38-2,31(37)43)25-19-40(29(41)22-13-11-20(17-36)12-14-22)27-10-6-5-9-26(27)39(30(25)42)18-24-23-8-4-3-7-21(23)15-16-28(24)44-32(34)35/h3-16,25,32,38H,18-19H2,1-2H3,(H2,37,43)/t25-,33?/m1/s1. The SMILES string of the molecule is CNC(C)(C(N)=O)[C@@H]1CN(C(=O)c2ccc(C#N)cc2)c2ccccc2N(Cc2c(OC(F)F)ccc3ccccc23)C1=O. The number of rotatable bonds is 8. The van der Waals surface area contributed by atoms with Crippen LogP contribution in [0, 0.1) is 17.2 Å². The summed E-state index contributed by atoms with van der Waals surface area (Å²) in [5.74, 6) is -3.16. The zero-order valence-corrected chi connectivity index (χ0v) is 24.0. The lowest BCUT2D eigenvalue weighted by Gasteiger charge is -2.36. The molecule has 224 valence electrons. The summed E-state index contributed by atoms with van der Waals surface area (Å²) < 4.78 is 32.0. The fourth-order valence-electron chi connectivity index (χ4n) is 5.53. The molecule has 0 spiro atoms. The molecule has 0 fully saturated rings. The number of hydrogen-bond donors (Lipinski definition) is 2. The number of primary amides is 1. The quantitative estimate of drug-likeness (QED) is 0.306. The second-order valence-corrected chi connectivity index (χ2v) is 10.5. The summed E-state index contributed by atoms with van der Waals surface area (Å²) in [4.78, 5) is 44.3. The molecule has 0 saturated heterocycles. The number of fused-ring (bicyclic) bond motifs is 2. The average Bonchev–Trinajstić information content (AvgIpc) is 3.15. The normalized spacial score (nSPS) is 16.2. The lowest BCUT2D eigenvalue weighted by molar-refractivity contribution is -0.133. The van der Waals surface area contributed by atoms with Crippen molar-refractivity contribution in [2.24, 2.45) is 11.7 Å². The lowest BCUT2D eigenvalue weighted by Crippen LogP contribution is -2.63. The molecule has 1 unspecified atom stereocenters. The molecule has 0 saturated carbocycles. The van der Waals surface area contributed by atoms with E-state index in [0.29, 0.717) is 27.9 Å². The number of nitrogens with two attached hydrogens (primary N) is 1. The highest BCUT2D eigenvalue weighted by molar-refractivity contribution is 6.12. The summed E-state index contributed by atoms with van der Waals surface area (Å²) >= 11 is 0. The minimum absolute atomic E-state index is 0.110. The number of ether oxygens (including phenoxy) is 1. The van der Waals surface area contributed by atoms with E-state index >= 15 is 0 Å². The van der Waals surface area contributed by atoms with Gasteiger partial charge >= 0.3 is 6.61 Å². The fraction of sp³-hybridized carbons (Fsp3) is 0.212. The van der Waals surface area contributed by atoms with E-state index in [2.05, 4.69) is 5.32 Å². The number of para-hydroxylation sites is 2. The first-order valence-corrected chi connectivity index (χ1v) is 13.8. The fourth-order valence-corrected chi connectivity index (χ4v) is 5.53. The predicted molar refractivity (Wildman–Crippen MR) is 161 cm³/mol. The smallest absolute Gasteiger partial charge is 0.387 e. The van der Waals surface area contributed by atoms with Crippen LogP contribution in [0.3, 0.4) is 0 Å². The van der Waals surface area contributed by atoms with Crippen molar-refractivity contribution in [1.82, 2.24) is 5.32 Å². The number of carbonyl (C=O) groups excluding carboxylic acids is 3. The van der Waals surface area contributed by atoms with Gasteiger partial charge in [-0.05, 0) is 67.2 Å². The molecule has 3 amide bonds. The molecule has 9 nitrogen and oxygen atoms in total. The largest absolute Gasteiger partial charge is 0.434 e. The highest BCUT2D eigenvalue weighted by Crippen LogP contribution is 2.40. The van der Waals surface area contributed by atoms with Gasteiger partial charge in [-0.3, -0.25) is 14.4 Å². The number of nitriles is 1. The topological polar surface area (TPSA) is 129 Å². The number of nitrogens with one attached hydrogen (secondary N) is 1. The van der Waals surface area contributed by atoms with Gasteiger partial charge in [0.05, 0.1) is 35.5 Å². The first-order chi connectivity index (χ1) is 21.1. The molecule has 0 bridgehead atoms. The van der Waals surface area contributed by atoms with Crippen molar-refractivity contribution in [3.05, 3.63) is 102 Å². The van der Waals surface area contributed by atoms with E-state index < -0.39 is 35.8 Å². The van der Waals surface area contributed by atoms with Crippen molar-refractivity contribution < 1.29 is 27.9 Å². The Hall–Kier alpha value is -5.34. The third-order valence-corrected chi connectivity index (χ3v) is 8.16. The van der Waals surface area contributed by atoms with Crippen LogP contribution in [0.25, 0.3) is 10.8 Å². The van der Waals surface area contributed by atoms with Crippen molar-refractivity contribution in [2.75, 3.05) is 23.4 Å². The van der Waals surface area contributed by atoms with E-state index in [1.165, 1.54) is 54.1 Å². The maximum atomic E-state index is 14.6. The van der Waals surface area contributed by atoms with Gasteiger partial charge in [0, 0.05) is 17.7 Å². The van der Waals surface area contributed by atoms with Gasteiger partial charge in [-0.1, -0.05) is 42.5 Å². The Labute approximate surface area is 252 Å². The Balaban J connectivity index is 1.72. The number of nitrogens with zero attached hydrogens (tertiary/aromatic N) is 3. The first kappa shape index (κ1) is 30.1. The Morgan fingerprint density at radius 2 is 1.70 bits per heavy atom. The molecule has 44 heavy (non-hydrogen) atoms. The number of likely N-dealkylation sites (N-methyl/N-ethyl adjacent to an activating group) is 1. The van der Waals surface area contributed by atoms with Crippen LogP contribution in [-0.4, -0.2) is 43.5 Å². The molecule has 1 aliphatic rings. The molecule has 4 aromatic carbocycles. The van der Waals surface area contributed by atoms with Gasteiger partial charge in [0.2, 0.25) is 11.8 Å². The van der Waals surface area contributed by atoms with E-state index in [1.807, 2.05) is 12.1 Å². The number of hydrogen-bond acceptors (Lipinski definition) is 6. The van der Waals surface area contributed by atoms with Crippen molar-refractivity contribution in [1.29, 1.82) is 5.26 Å². The molecule has 4 aromatic rings. The van der Waals surface area contributed by atoms with E-state index in [1.54, 1.807) is 48.5 Å². The second kappa shape index (κ2) is 12.1. The molecule has 0 aromatic heterocycles. The summed E-state index contributed by atoms with van der Waals surface area (Å²) in [5, 5.41) is 13.4. The Morgan fingerprint density at radius 3 is 2.34 bits per heavy atom. The van der Waals surface area contributed by atoms with Gasteiger partial charge < -0.3 is 25.6 Å². The molecule has 2 atom stereocenters. The number of halogens is 2. The summed E-state index contributed by atoms with van der Waals surface area (Å²) in [7, 11) is 1.49. The molecular weight excluding hydrogens is 568 g/mol. The number of anilines is 2. The highest BCUT2D eigenvalue weighted by atomic mass is 19.3. The number of alkyl halides is 2. The Bertz CT molecular complexity index is 1790. The summed E-state index contributed by atoms with van der Waals surface area (Å²) in [6, 6.07) is 25.0. The molecule has 5 rings (SSSR count). The first-order valence-electron chi connectivity index (χ1n) is 13.8. The molecule has 0 radical (unpaired) electrons. The Kier molecular flexibility index (Phi) is 8.29. The van der Waals surface area contributed by atoms with E-state index in [9.17, 15) is 28.4 Å². The van der Waals surface area contributed by atoms with Crippen molar-refractivity contribution in [3.63, 3.8) is 0 Å². The maximum Gasteiger partial charge on any atom is 0.387 e. The van der Waals surface area contributed by atoms with Crippen LogP contribution in [0.2, 0.25) is 0 Å². The van der Waals surface area contributed by atoms with Gasteiger partial charge in [-0.2, -0.15) is 14.0 Å². The predicted octanol–water partition coefficient (Wildman–Crippen LogP) is 4.59. The number of amides is 3.